The molecule has 9 nitrogen and oxygen atoms in total. The van der Waals surface area contributed by atoms with E-state index < -0.39 is 12.3 Å². The van der Waals surface area contributed by atoms with Crippen molar-refractivity contribution in [3.05, 3.63) is 57.3 Å². The molecule has 0 bridgehead atoms. The quantitative estimate of drug-likeness (QED) is 0.315. The highest BCUT2D eigenvalue weighted by molar-refractivity contribution is 7.14. The first-order chi connectivity index (χ1) is 19.4. The molecule has 210 valence electrons. The zero-order valence-electron chi connectivity index (χ0n) is 22.1. The van der Waals surface area contributed by atoms with Gasteiger partial charge in [-0.05, 0) is 49.6 Å². The summed E-state index contributed by atoms with van der Waals surface area (Å²) in [5.41, 5.74) is 2.63. The van der Waals surface area contributed by atoms with Crippen LogP contribution < -0.4 is 5.32 Å². The summed E-state index contributed by atoms with van der Waals surface area (Å²) in [7, 11) is 0. The lowest BCUT2D eigenvalue weighted by Crippen LogP contribution is -2.39. The summed E-state index contributed by atoms with van der Waals surface area (Å²) in [5.74, 6) is -0.559. The number of thiophene rings is 1. The van der Waals surface area contributed by atoms with Gasteiger partial charge in [0, 0.05) is 32.7 Å². The number of imidazole rings is 1. The molecule has 2 amide bonds. The smallest absolute Gasteiger partial charge is 0.272 e. The summed E-state index contributed by atoms with van der Waals surface area (Å²) < 4.78 is 33.5. The molecule has 1 aromatic carbocycles. The topological polar surface area (TPSA) is 103 Å². The van der Waals surface area contributed by atoms with E-state index in [1.165, 1.54) is 18.2 Å². The number of carbonyl (C=O) groups excluding carboxylic acids is 2. The van der Waals surface area contributed by atoms with Gasteiger partial charge in [0.05, 0.1) is 40.0 Å². The van der Waals surface area contributed by atoms with Crippen molar-refractivity contribution in [2.24, 2.45) is 0 Å². The van der Waals surface area contributed by atoms with Crippen molar-refractivity contribution in [3.63, 3.8) is 0 Å². The third-order valence-electron chi connectivity index (χ3n) is 7.28. The first-order valence-electron chi connectivity index (χ1n) is 13.2. The molecule has 2 saturated heterocycles. The van der Waals surface area contributed by atoms with Crippen molar-refractivity contribution < 1.29 is 23.1 Å². The number of nitriles is 1. The second-order valence-electron chi connectivity index (χ2n) is 9.82. The fourth-order valence-corrected chi connectivity index (χ4v) is 5.98. The summed E-state index contributed by atoms with van der Waals surface area (Å²) in [6, 6.07) is 10.4. The number of amides is 2. The van der Waals surface area contributed by atoms with Gasteiger partial charge in [-0.1, -0.05) is 12.1 Å². The van der Waals surface area contributed by atoms with Gasteiger partial charge in [0.2, 0.25) is 5.95 Å². The molecule has 2 aliphatic heterocycles. The number of anilines is 1. The Kier molecular flexibility index (Phi) is 8.54. The number of aromatic nitrogens is 2. The molecule has 2 aromatic heterocycles. The van der Waals surface area contributed by atoms with Crippen LogP contribution in [0.2, 0.25) is 0 Å². The molecule has 2 aliphatic rings. The SMILES string of the molecule is C/C=C(\C#N)C(=O)N1CCC[C@@H]1Cn1c(NC(=O)c2ccc(C(F)F)s2)nc2cc(CN3CCOCC3)ccc21. The molecule has 5 rings (SSSR count). The number of fused-ring (bicyclic) bond motifs is 1. The van der Waals surface area contributed by atoms with Crippen molar-refractivity contribution in [2.75, 3.05) is 38.2 Å². The van der Waals surface area contributed by atoms with Crippen LogP contribution in [0.25, 0.3) is 11.0 Å². The van der Waals surface area contributed by atoms with Crippen LogP contribution in [0, 0.1) is 11.3 Å². The van der Waals surface area contributed by atoms with Crippen LogP contribution >= 0.6 is 11.3 Å². The Hall–Kier alpha value is -3.66. The molecular weight excluding hydrogens is 538 g/mol. The Morgan fingerprint density at radius 2 is 2.05 bits per heavy atom. The summed E-state index contributed by atoms with van der Waals surface area (Å²) in [6.45, 7) is 6.37. The van der Waals surface area contributed by atoms with Crippen LogP contribution in [0.5, 0.6) is 0 Å². The molecule has 40 heavy (non-hydrogen) atoms. The average molecular weight is 569 g/mol. The maximum Gasteiger partial charge on any atom is 0.272 e. The van der Waals surface area contributed by atoms with Gasteiger partial charge in [-0.25, -0.2) is 13.8 Å². The van der Waals surface area contributed by atoms with Crippen LogP contribution in [-0.2, 0) is 22.6 Å². The number of likely N-dealkylation sites (tertiary alicyclic amines) is 1. The third kappa shape index (κ3) is 5.91. The summed E-state index contributed by atoms with van der Waals surface area (Å²) in [4.78, 5) is 34.8. The molecule has 1 N–H and O–H groups in total. The lowest BCUT2D eigenvalue weighted by molar-refractivity contribution is -0.127. The average Bonchev–Trinajstić information content (AvgIpc) is 3.70. The standard InChI is InChI=1S/C28H30F2N6O3S/c1-2-19(15-31)27(38)35-9-3-4-20(35)17-36-22-6-5-18(16-34-10-12-39-13-11-34)14-21(22)32-28(36)33-26(37)24-8-7-23(40-24)25(29)30/h2,5-8,14,20,25H,3-4,9-13,16-17H2,1H3,(H,32,33,37)/b19-2+/t20-/m1/s1. The molecule has 0 aliphatic carbocycles. The molecule has 0 saturated carbocycles. The van der Waals surface area contributed by atoms with Crippen LogP contribution in [0.15, 0.2) is 42.0 Å². The number of morpholine rings is 1. The maximum absolute atomic E-state index is 13.1. The normalized spacial score (nSPS) is 18.4. The number of carbonyl (C=O) groups is 2. The highest BCUT2D eigenvalue weighted by Crippen LogP contribution is 2.30. The Labute approximate surface area is 234 Å². The first kappa shape index (κ1) is 27.9. The monoisotopic (exact) mass is 568 g/mol. The van der Waals surface area contributed by atoms with E-state index in [0.717, 1.165) is 54.9 Å². The van der Waals surface area contributed by atoms with Gasteiger partial charge in [0.1, 0.15) is 11.6 Å². The maximum atomic E-state index is 13.1. The summed E-state index contributed by atoms with van der Waals surface area (Å²) in [5, 5.41) is 12.2. The highest BCUT2D eigenvalue weighted by atomic mass is 32.1. The molecule has 0 spiro atoms. The van der Waals surface area contributed by atoms with Crippen molar-refractivity contribution in [2.45, 2.75) is 45.3 Å². The fraction of sp³-hybridized carbons (Fsp3) is 0.429. The zero-order valence-corrected chi connectivity index (χ0v) is 22.9. The van der Waals surface area contributed by atoms with E-state index in [-0.39, 0.29) is 33.2 Å². The van der Waals surface area contributed by atoms with Crippen LogP contribution in [-0.4, -0.2) is 70.1 Å². The van der Waals surface area contributed by atoms with Crippen molar-refractivity contribution >= 4 is 40.1 Å². The van der Waals surface area contributed by atoms with Gasteiger partial charge in [0.15, 0.2) is 0 Å². The Morgan fingerprint density at radius 3 is 2.75 bits per heavy atom. The largest absolute Gasteiger partial charge is 0.379 e. The van der Waals surface area contributed by atoms with Gasteiger partial charge >= 0.3 is 0 Å². The number of halogens is 2. The Morgan fingerprint density at radius 1 is 1.25 bits per heavy atom. The molecule has 2 fully saturated rings. The molecule has 3 aromatic rings. The predicted octanol–water partition coefficient (Wildman–Crippen LogP) is 4.58. The number of alkyl halides is 2. The minimum atomic E-state index is -2.65. The summed E-state index contributed by atoms with van der Waals surface area (Å²) in [6.07, 6.45) is 0.393. The molecule has 4 heterocycles. The lowest BCUT2D eigenvalue weighted by atomic mass is 10.1. The van der Waals surface area contributed by atoms with Crippen molar-refractivity contribution in [1.82, 2.24) is 19.4 Å². The number of nitrogens with one attached hydrogen (secondary N) is 1. The fourth-order valence-electron chi connectivity index (χ4n) is 5.22. The minimum Gasteiger partial charge on any atom is -0.379 e. The van der Waals surface area contributed by atoms with Gasteiger partial charge in [0.25, 0.3) is 18.2 Å². The molecule has 0 radical (unpaired) electrons. The van der Waals surface area contributed by atoms with Gasteiger partial charge in [-0.2, -0.15) is 5.26 Å². The predicted molar refractivity (Wildman–Crippen MR) is 147 cm³/mol. The molecule has 1 atom stereocenters. The van der Waals surface area contributed by atoms with E-state index >= 15 is 0 Å². The van der Waals surface area contributed by atoms with E-state index in [4.69, 9.17) is 9.72 Å². The first-order valence-corrected chi connectivity index (χ1v) is 14.1. The van der Waals surface area contributed by atoms with Crippen molar-refractivity contribution in [1.29, 1.82) is 5.26 Å². The highest BCUT2D eigenvalue weighted by Gasteiger charge is 2.32. The van der Waals surface area contributed by atoms with E-state index in [2.05, 4.69) is 10.2 Å². The molecular formula is C28H30F2N6O3S. The number of benzene rings is 1. The van der Waals surface area contributed by atoms with Gasteiger partial charge < -0.3 is 14.2 Å². The van der Waals surface area contributed by atoms with E-state index in [1.807, 2.05) is 28.8 Å². The van der Waals surface area contributed by atoms with Crippen LogP contribution in [0.3, 0.4) is 0 Å². The summed E-state index contributed by atoms with van der Waals surface area (Å²) >= 11 is 0.744. The van der Waals surface area contributed by atoms with Crippen LogP contribution in [0.4, 0.5) is 14.7 Å². The number of hydrogen-bond acceptors (Lipinski definition) is 7. The van der Waals surface area contributed by atoms with E-state index in [1.54, 1.807) is 11.8 Å². The van der Waals surface area contributed by atoms with E-state index in [0.29, 0.717) is 31.8 Å². The second-order valence-corrected chi connectivity index (χ2v) is 10.9. The number of allylic oxidation sites excluding steroid dienone is 1. The minimum absolute atomic E-state index is 0.0937. The van der Waals surface area contributed by atoms with Gasteiger partial charge in [-0.15, -0.1) is 11.3 Å². The Balaban J connectivity index is 1.46. The Bertz CT molecular complexity index is 1470. The number of rotatable bonds is 8. The molecule has 0 unspecified atom stereocenters. The van der Waals surface area contributed by atoms with Crippen molar-refractivity contribution in [3.8, 4) is 6.07 Å². The number of nitrogens with zero attached hydrogens (tertiary/aromatic N) is 5. The van der Waals surface area contributed by atoms with E-state index in [9.17, 15) is 23.6 Å². The third-order valence-corrected chi connectivity index (χ3v) is 8.38. The zero-order chi connectivity index (χ0) is 28.2. The number of hydrogen-bond donors (Lipinski definition) is 1. The second kappa shape index (κ2) is 12.2. The van der Waals surface area contributed by atoms with Crippen LogP contribution in [0.1, 0.15) is 46.3 Å². The molecule has 12 heteroatoms. The van der Waals surface area contributed by atoms with Gasteiger partial charge in [-0.3, -0.25) is 19.8 Å². The number of ether oxygens (including phenoxy) is 1. The lowest BCUT2D eigenvalue weighted by Gasteiger charge is -2.26.